The first-order chi connectivity index (χ1) is 11.5. The quantitative estimate of drug-likeness (QED) is 0.777. The summed E-state index contributed by atoms with van der Waals surface area (Å²) in [6.07, 6.45) is -0.464. The molecule has 0 aliphatic carbocycles. The predicted octanol–water partition coefficient (Wildman–Crippen LogP) is 2.57. The van der Waals surface area contributed by atoms with Crippen LogP contribution < -0.4 is 15.4 Å². The van der Waals surface area contributed by atoms with Crippen molar-refractivity contribution in [2.45, 2.75) is 26.5 Å². The molecule has 6 nitrogen and oxygen atoms in total. The zero-order chi connectivity index (χ0) is 17.0. The van der Waals surface area contributed by atoms with Gasteiger partial charge in [-0.05, 0) is 32.0 Å². The molecular weight excluding hydrogens is 324 g/mol. The van der Waals surface area contributed by atoms with Crippen LogP contribution in [0.25, 0.3) is 16.2 Å². The van der Waals surface area contributed by atoms with E-state index in [1.165, 1.54) is 0 Å². The smallest absolute Gasteiger partial charge is 0.267 e. The lowest BCUT2D eigenvalue weighted by molar-refractivity contribution is -0.125. The number of amides is 1. The number of likely N-dealkylation sites (N-methyl/N-ethyl adjacent to an activating group) is 1. The number of carbonyl (C=O) groups excluding carboxylic acids is 1. The lowest BCUT2D eigenvalue weighted by Gasteiger charge is -2.30. The van der Waals surface area contributed by atoms with Crippen LogP contribution in [0.15, 0.2) is 23.6 Å². The minimum Gasteiger partial charge on any atom is -0.479 e. The van der Waals surface area contributed by atoms with Crippen molar-refractivity contribution in [1.29, 1.82) is 0 Å². The zero-order valence-corrected chi connectivity index (χ0v) is 14.6. The molecule has 124 valence electrons. The molecule has 2 aromatic heterocycles. The van der Waals surface area contributed by atoms with Crippen LogP contribution in [0.3, 0.4) is 0 Å². The molecular formula is C17H18N4O2S. The summed E-state index contributed by atoms with van der Waals surface area (Å²) < 4.78 is 7.78. The Balaban J connectivity index is 1.88. The van der Waals surface area contributed by atoms with Gasteiger partial charge in [-0.25, -0.2) is 4.98 Å². The number of aryl methyl sites for hydroxylation is 1. The van der Waals surface area contributed by atoms with E-state index in [9.17, 15) is 4.79 Å². The summed E-state index contributed by atoms with van der Waals surface area (Å²) in [6, 6.07) is 5.81. The number of fused-ring (bicyclic) bond motifs is 2. The second kappa shape index (κ2) is 5.32. The molecule has 1 aliphatic rings. The fourth-order valence-corrected chi connectivity index (χ4v) is 4.03. The summed E-state index contributed by atoms with van der Waals surface area (Å²) >= 11 is 1.60. The lowest BCUT2D eigenvalue weighted by atomic mass is 10.1. The monoisotopic (exact) mass is 342 g/mol. The van der Waals surface area contributed by atoms with Gasteiger partial charge >= 0.3 is 0 Å². The van der Waals surface area contributed by atoms with Gasteiger partial charge in [0, 0.05) is 30.2 Å². The summed E-state index contributed by atoms with van der Waals surface area (Å²) in [5, 5.41) is 2.07. The number of anilines is 1. The van der Waals surface area contributed by atoms with Crippen molar-refractivity contribution >= 4 is 27.9 Å². The Morgan fingerprint density at radius 1 is 1.42 bits per heavy atom. The minimum absolute atomic E-state index is 0.0552. The van der Waals surface area contributed by atoms with E-state index in [0.29, 0.717) is 12.3 Å². The Bertz CT molecular complexity index is 959. The molecule has 24 heavy (non-hydrogen) atoms. The van der Waals surface area contributed by atoms with E-state index in [4.69, 9.17) is 15.5 Å². The van der Waals surface area contributed by atoms with Gasteiger partial charge in [-0.2, -0.15) is 0 Å². The molecule has 1 amide bonds. The molecule has 1 aromatic carbocycles. The van der Waals surface area contributed by atoms with Gasteiger partial charge in [0.1, 0.15) is 5.75 Å². The number of nitrogens with two attached hydrogens (primary N) is 1. The summed E-state index contributed by atoms with van der Waals surface area (Å²) in [7, 11) is 1.77. The van der Waals surface area contributed by atoms with E-state index in [1.54, 1.807) is 30.2 Å². The van der Waals surface area contributed by atoms with Crippen LogP contribution in [0.2, 0.25) is 0 Å². The number of hydrogen-bond donors (Lipinski definition) is 1. The van der Waals surface area contributed by atoms with Crippen molar-refractivity contribution in [1.82, 2.24) is 9.38 Å². The second-order valence-electron chi connectivity index (χ2n) is 5.95. The van der Waals surface area contributed by atoms with Crippen LogP contribution in [0.5, 0.6) is 5.75 Å². The maximum absolute atomic E-state index is 12.2. The van der Waals surface area contributed by atoms with Crippen molar-refractivity contribution in [3.8, 4) is 17.0 Å². The fraction of sp³-hybridized carbons (Fsp3) is 0.294. The first kappa shape index (κ1) is 15.2. The van der Waals surface area contributed by atoms with Gasteiger partial charge < -0.3 is 15.4 Å². The highest BCUT2D eigenvalue weighted by atomic mass is 32.1. The summed E-state index contributed by atoms with van der Waals surface area (Å²) in [4.78, 5) is 19.5. The van der Waals surface area contributed by atoms with Crippen LogP contribution in [-0.4, -0.2) is 28.4 Å². The van der Waals surface area contributed by atoms with Crippen molar-refractivity contribution in [2.75, 3.05) is 11.9 Å². The maximum atomic E-state index is 12.2. The van der Waals surface area contributed by atoms with Crippen LogP contribution in [0.4, 0.5) is 5.69 Å². The van der Waals surface area contributed by atoms with Gasteiger partial charge in [-0.1, -0.05) is 0 Å². The van der Waals surface area contributed by atoms with Gasteiger partial charge in [-0.15, -0.1) is 11.3 Å². The van der Waals surface area contributed by atoms with Crippen LogP contribution in [0.1, 0.15) is 18.3 Å². The van der Waals surface area contributed by atoms with Gasteiger partial charge in [0.05, 0.1) is 17.1 Å². The Morgan fingerprint density at radius 3 is 2.96 bits per heavy atom. The largest absolute Gasteiger partial charge is 0.479 e. The molecule has 0 bridgehead atoms. The molecule has 0 radical (unpaired) electrons. The number of hydrogen-bond acceptors (Lipinski definition) is 5. The molecule has 7 heteroatoms. The highest BCUT2D eigenvalue weighted by molar-refractivity contribution is 7.15. The van der Waals surface area contributed by atoms with Crippen LogP contribution in [-0.2, 0) is 11.3 Å². The lowest BCUT2D eigenvalue weighted by Crippen LogP contribution is -2.41. The van der Waals surface area contributed by atoms with Crippen LogP contribution >= 0.6 is 11.3 Å². The zero-order valence-electron chi connectivity index (χ0n) is 13.7. The summed E-state index contributed by atoms with van der Waals surface area (Å²) in [6.45, 7) is 4.20. The van der Waals surface area contributed by atoms with E-state index in [2.05, 4.69) is 9.78 Å². The summed E-state index contributed by atoms with van der Waals surface area (Å²) in [5.74, 6) is 0.653. The third kappa shape index (κ3) is 2.05. The SMILES string of the molecule is Cc1csc2nc(-c3ccc4c(c3)N(C)C(=O)C(C)O4)c(CN)n12. The van der Waals surface area contributed by atoms with E-state index in [1.807, 2.05) is 25.1 Å². The topological polar surface area (TPSA) is 72.9 Å². The average Bonchev–Trinajstić information content (AvgIpc) is 3.12. The van der Waals surface area contributed by atoms with Crippen LogP contribution in [0, 0.1) is 6.92 Å². The van der Waals surface area contributed by atoms with Gasteiger partial charge in [0.15, 0.2) is 11.1 Å². The number of rotatable bonds is 2. The number of carbonyl (C=O) groups is 1. The predicted molar refractivity (Wildman–Crippen MR) is 94.6 cm³/mol. The highest BCUT2D eigenvalue weighted by Crippen LogP contribution is 2.38. The number of aromatic nitrogens is 2. The maximum Gasteiger partial charge on any atom is 0.267 e. The van der Waals surface area contributed by atoms with Crippen molar-refractivity contribution in [2.24, 2.45) is 5.73 Å². The van der Waals surface area contributed by atoms with Crippen molar-refractivity contribution < 1.29 is 9.53 Å². The molecule has 1 unspecified atom stereocenters. The molecule has 0 spiro atoms. The molecule has 0 saturated carbocycles. The van der Waals surface area contributed by atoms with E-state index in [-0.39, 0.29) is 5.91 Å². The standard InChI is InChI=1S/C17H18N4O2S/c1-9-8-24-17-19-15(13(7-18)21(9)17)11-4-5-14-12(6-11)20(3)16(22)10(2)23-14/h4-6,8,10H,7,18H2,1-3H3. The first-order valence-electron chi connectivity index (χ1n) is 7.75. The molecule has 3 heterocycles. The van der Waals surface area contributed by atoms with Crippen molar-refractivity contribution in [3.05, 3.63) is 35.0 Å². The number of benzene rings is 1. The molecule has 3 aromatic rings. The van der Waals surface area contributed by atoms with E-state index in [0.717, 1.165) is 33.3 Å². The summed E-state index contributed by atoms with van der Waals surface area (Å²) in [5.41, 5.74) is 10.6. The number of nitrogens with zero attached hydrogens (tertiary/aromatic N) is 3. The van der Waals surface area contributed by atoms with E-state index < -0.39 is 6.10 Å². The molecule has 1 atom stereocenters. The highest BCUT2D eigenvalue weighted by Gasteiger charge is 2.29. The van der Waals surface area contributed by atoms with Crippen molar-refractivity contribution in [3.63, 3.8) is 0 Å². The first-order valence-corrected chi connectivity index (χ1v) is 8.63. The average molecular weight is 342 g/mol. The Morgan fingerprint density at radius 2 is 2.21 bits per heavy atom. The van der Waals surface area contributed by atoms with Gasteiger partial charge in [-0.3, -0.25) is 9.20 Å². The minimum atomic E-state index is -0.464. The molecule has 0 fully saturated rings. The fourth-order valence-electron chi connectivity index (χ4n) is 3.14. The Hall–Kier alpha value is -2.38. The normalized spacial score (nSPS) is 17.2. The third-order valence-corrected chi connectivity index (χ3v) is 5.34. The molecule has 4 rings (SSSR count). The Kier molecular flexibility index (Phi) is 3.36. The molecule has 0 saturated heterocycles. The Labute approximate surface area is 143 Å². The molecule has 2 N–H and O–H groups in total. The number of ether oxygens (including phenoxy) is 1. The third-order valence-electron chi connectivity index (χ3n) is 4.40. The molecule has 1 aliphatic heterocycles. The van der Waals surface area contributed by atoms with Gasteiger partial charge in [0.25, 0.3) is 5.91 Å². The van der Waals surface area contributed by atoms with Gasteiger partial charge in [0.2, 0.25) is 0 Å². The number of thiazole rings is 1. The number of imidazole rings is 1. The second-order valence-corrected chi connectivity index (χ2v) is 6.78. The van der Waals surface area contributed by atoms with E-state index >= 15 is 0 Å².